The van der Waals surface area contributed by atoms with Crippen LogP contribution in [-0.4, -0.2) is 121 Å². The fourth-order valence-electron chi connectivity index (χ4n) is 9.22. The maximum Gasteiger partial charge on any atom is 0.437 e. The lowest BCUT2D eigenvalue weighted by Crippen LogP contribution is -2.68. The Hall–Kier alpha value is -5.30. The van der Waals surface area contributed by atoms with Crippen LogP contribution in [0.2, 0.25) is 0 Å². The standard InChI is InChI=1S/C48H60F6N6O9S/c1-5-6-7-8-9-10-32-13-18-46(32,42(63)58-70(65,66)44(4)19-20-44)57-41(62)37-24-45(28-60(37)38(61)25-55-43(64)68-26-30(2)3)17-14-34-35-23-33(11-12-36(35)56-40(39(34)69-45)48(52,53)54)67-27-31-15-21-59(22-16-31)29-47(49,50)51/h9-12,23,30-32,37H,5-8,14-17,19-22,24-29H2,1-4H3,(H,55,64)(H,57,62)(H,58,63)/b10-9-/t32-,37+,45-,46-/m1/s1. The summed E-state index contributed by atoms with van der Waals surface area (Å²) in [7, 11) is -4.22. The summed E-state index contributed by atoms with van der Waals surface area (Å²) >= 11 is 0. The highest BCUT2D eigenvalue weighted by Gasteiger charge is 2.58. The number of unbranched alkanes of at least 4 members (excludes halogenated alkanes) is 3. The van der Waals surface area contributed by atoms with Gasteiger partial charge in [-0.1, -0.05) is 57.6 Å². The molecule has 7 rings (SSSR count). The molecule has 4 atom stereocenters. The molecule has 4 amide bonds. The summed E-state index contributed by atoms with van der Waals surface area (Å²) in [5.74, 6) is 1.22. The lowest BCUT2D eigenvalue weighted by molar-refractivity contribution is -0.149. The number of likely N-dealkylation sites (tertiary alicyclic amines) is 2. The molecule has 2 aliphatic carbocycles. The van der Waals surface area contributed by atoms with Crippen LogP contribution < -0.4 is 24.8 Å². The Kier molecular flexibility index (Phi) is 15.3. The predicted octanol–water partition coefficient (Wildman–Crippen LogP) is 6.58. The van der Waals surface area contributed by atoms with Crippen LogP contribution in [0.5, 0.6) is 11.5 Å². The first-order chi connectivity index (χ1) is 32.9. The van der Waals surface area contributed by atoms with Crippen molar-refractivity contribution < 1.29 is 68.1 Å². The number of carbonyl (C=O) groups excluding carboxylic acids is 4. The number of hydrogen-bond donors (Lipinski definition) is 3. The fraction of sp³-hybridized carbons (Fsp3) is 0.646. The van der Waals surface area contributed by atoms with Gasteiger partial charge in [0.2, 0.25) is 21.8 Å². The summed E-state index contributed by atoms with van der Waals surface area (Å²) in [6.07, 6.45) is -2.48. The van der Waals surface area contributed by atoms with Crippen LogP contribution in [-0.2, 0) is 41.7 Å². The highest BCUT2D eigenvalue weighted by molar-refractivity contribution is 7.91. The molecule has 22 heteroatoms. The first-order valence-corrected chi connectivity index (χ1v) is 25.3. The third-order valence-electron chi connectivity index (χ3n) is 13.7. The summed E-state index contributed by atoms with van der Waals surface area (Å²) in [6, 6.07) is 2.86. The highest BCUT2D eigenvalue weighted by atomic mass is 32.2. The number of piperidine rings is 1. The normalized spacial score (nSPS) is 24.4. The summed E-state index contributed by atoms with van der Waals surface area (Å²) in [4.78, 5) is 61.9. The average molecular weight is 1010 g/mol. The van der Waals surface area contributed by atoms with E-state index >= 15 is 0 Å². The summed E-state index contributed by atoms with van der Waals surface area (Å²) < 4.78 is 129. The summed E-state index contributed by atoms with van der Waals surface area (Å²) in [5.41, 5.74) is -4.96. The Morgan fingerprint density at radius 2 is 1.79 bits per heavy atom. The lowest BCUT2D eigenvalue weighted by Gasteiger charge is -2.38. The van der Waals surface area contributed by atoms with Crippen LogP contribution in [0.4, 0.5) is 31.1 Å². The number of hydrogen-bond acceptors (Lipinski definition) is 11. The van der Waals surface area contributed by atoms with E-state index in [4.69, 9.17) is 14.2 Å². The van der Waals surface area contributed by atoms with E-state index in [1.165, 1.54) is 30.0 Å². The lowest BCUT2D eigenvalue weighted by atomic mass is 9.75. The van der Waals surface area contributed by atoms with E-state index in [0.29, 0.717) is 43.2 Å². The molecule has 3 N–H and O–H groups in total. The van der Waals surface area contributed by atoms with Crippen LogP contribution in [0.25, 0.3) is 10.9 Å². The quantitative estimate of drug-likeness (QED) is 0.0635. The van der Waals surface area contributed by atoms with E-state index in [1.807, 2.05) is 6.92 Å². The van der Waals surface area contributed by atoms with Gasteiger partial charge in [0.15, 0.2) is 17.0 Å². The zero-order valence-corrected chi connectivity index (χ0v) is 40.4. The molecule has 1 aromatic heterocycles. The van der Waals surface area contributed by atoms with Crippen molar-refractivity contribution in [3.63, 3.8) is 0 Å². The van der Waals surface area contributed by atoms with E-state index in [2.05, 4.69) is 32.2 Å². The smallest absolute Gasteiger partial charge is 0.437 e. The Bertz CT molecular complexity index is 2530. The molecule has 2 saturated heterocycles. The number of allylic oxidation sites excluding steroid dienone is 1. The first kappa shape index (κ1) is 52.5. The van der Waals surface area contributed by atoms with Crippen molar-refractivity contribution in [2.75, 3.05) is 45.9 Å². The van der Waals surface area contributed by atoms with Crippen molar-refractivity contribution in [3.05, 3.63) is 41.6 Å². The molecule has 2 aromatic rings. The molecule has 3 aliphatic heterocycles. The maximum atomic E-state index is 15.0. The second kappa shape index (κ2) is 20.4. The number of aromatic nitrogens is 1. The van der Waals surface area contributed by atoms with Gasteiger partial charge in [0, 0.05) is 17.4 Å². The van der Waals surface area contributed by atoms with Gasteiger partial charge in [0.1, 0.15) is 23.9 Å². The largest absolute Gasteiger partial charge is 0.493 e. The molecule has 1 saturated carbocycles. The molecule has 0 bridgehead atoms. The topological polar surface area (TPSA) is 186 Å². The average Bonchev–Trinajstić information content (AvgIpc) is 3.95. The molecule has 1 spiro atoms. The molecule has 0 radical (unpaired) electrons. The third-order valence-corrected chi connectivity index (χ3v) is 15.8. The van der Waals surface area contributed by atoms with Crippen molar-refractivity contribution in [3.8, 4) is 23.3 Å². The Morgan fingerprint density at radius 3 is 2.41 bits per heavy atom. The molecule has 15 nitrogen and oxygen atoms in total. The van der Waals surface area contributed by atoms with Crippen molar-refractivity contribution in [2.24, 2.45) is 17.8 Å². The van der Waals surface area contributed by atoms with Gasteiger partial charge in [-0.05, 0) is 101 Å². The molecular weight excluding hydrogens is 951 g/mol. The number of benzene rings is 1. The van der Waals surface area contributed by atoms with Crippen molar-refractivity contribution in [1.29, 1.82) is 0 Å². The minimum atomic E-state index is -5.03. The number of ether oxygens (including phenoxy) is 3. The second-order valence-corrected chi connectivity index (χ2v) is 22.0. The number of aryl methyl sites for hydroxylation is 1. The number of fused-ring (bicyclic) bond motifs is 3. The van der Waals surface area contributed by atoms with Crippen molar-refractivity contribution >= 4 is 44.7 Å². The van der Waals surface area contributed by atoms with Crippen LogP contribution in [0.1, 0.15) is 103 Å². The number of rotatable bonds is 18. The molecule has 384 valence electrons. The minimum absolute atomic E-state index is 0.00816. The summed E-state index contributed by atoms with van der Waals surface area (Å²) in [6.45, 7) is 5.67. The summed E-state index contributed by atoms with van der Waals surface area (Å²) in [5, 5.41) is 5.30. The van der Waals surface area contributed by atoms with Gasteiger partial charge in [0.05, 0.1) is 42.5 Å². The van der Waals surface area contributed by atoms with Gasteiger partial charge in [-0.3, -0.25) is 19.3 Å². The number of sulfonamides is 1. The number of amides is 4. The van der Waals surface area contributed by atoms with E-state index in [1.54, 1.807) is 26.0 Å². The van der Waals surface area contributed by atoms with Gasteiger partial charge in [0.25, 0.3) is 5.91 Å². The van der Waals surface area contributed by atoms with Gasteiger partial charge in [-0.15, -0.1) is 0 Å². The van der Waals surface area contributed by atoms with E-state index in [0.717, 1.165) is 24.2 Å². The molecule has 3 fully saturated rings. The molecule has 4 heterocycles. The van der Waals surface area contributed by atoms with Crippen LogP contribution >= 0.6 is 0 Å². The monoisotopic (exact) mass is 1010 g/mol. The number of halogens is 6. The van der Waals surface area contributed by atoms with Crippen LogP contribution in [0, 0.1) is 29.6 Å². The Labute approximate surface area is 403 Å². The number of pyridine rings is 1. The fourth-order valence-corrected chi connectivity index (χ4v) is 10.5. The Balaban J connectivity index is 1.17. The van der Waals surface area contributed by atoms with Crippen molar-refractivity contribution in [2.45, 2.75) is 133 Å². The molecule has 70 heavy (non-hydrogen) atoms. The molecular formula is C48H60F6N6O9S. The van der Waals surface area contributed by atoms with E-state index < -0.39 is 105 Å². The minimum Gasteiger partial charge on any atom is -0.493 e. The number of carbonyl (C=O) groups is 4. The third kappa shape index (κ3) is 11.9. The van der Waals surface area contributed by atoms with Gasteiger partial charge in [-0.25, -0.2) is 22.9 Å². The van der Waals surface area contributed by atoms with E-state index in [9.17, 15) is 53.9 Å². The second-order valence-electron chi connectivity index (χ2n) is 19.8. The number of alkyl halides is 6. The van der Waals surface area contributed by atoms with Crippen molar-refractivity contribution in [1.82, 2.24) is 30.1 Å². The Morgan fingerprint density at radius 1 is 1.06 bits per heavy atom. The number of nitrogens with zero attached hydrogens (tertiary/aromatic N) is 3. The highest BCUT2D eigenvalue weighted by Crippen LogP contribution is 2.49. The van der Waals surface area contributed by atoms with Gasteiger partial charge in [-0.2, -0.15) is 26.3 Å². The zero-order chi connectivity index (χ0) is 50.9. The van der Waals surface area contributed by atoms with Gasteiger partial charge < -0.3 is 29.7 Å². The molecule has 1 aromatic carbocycles. The number of alkyl carbamates (subject to hydrolysis) is 1. The van der Waals surface area contributed by atoms with Gasteiger partial charge >= 0.3 is 18.4 Å². The van der Waals surface area contributed by atoms with Crippen LogP contribution in [0.15, 0.2) is 30.4 Å². The maximum absolute atomic E-state index is 15.0. The number of nitrogens with one attached hydrogen (secondary N) is 3. The van der Waals surface area contributed by atoms with E-state index in [-0.39, 0.29) is 68.5 Å². The first-order valence-electron chi connectivity index (χ1n) is 23.8. The molecule has 5 aliphatic rings. The SMILES string of the molecule is CCCCC/C=C\[C@@H]1C#C[C@]1(NC(=O)[C@@H]1C[C@]2(CCc3c(c(C(F)(F)F)nc4ccc(OCC5CCN(CC(F)(F)F)CC5)cc34)O2)CN1C(=O)CNC(=O)OCC(C)C)C(=O)NS(=O)(=O)C1(C)CC1. The predicted molar refractivity (Wildman–Crippen MR) is 244 cm³/mol. The van der Waals surface area contributed by atoms with Crippen LogP contribution in [0.3, 0.4) is 0 Å². The molecule has 0 unspecified atom stereocenters. The zero-order valence-electron chi connectivity index (χ0n) is 39.6.